The van der Waals surface area contributed by atoms with Crippen molar-refractivity contribution in [3.05, 3.63) is 29.6 Å². The average Bonchev–Trinajstić information content (AvgIpc) is 2.85. The highest BCUT2D eigenvalue weighted by molar-refractivity contribution is 5.54. The lowest BCUT2D eigenvalue weighted by atomic mass is 10.1. The summed E-state index contributed by atoms with van der Waals surface area (Å²) in [5, 5.41) is 12.3. The third-order valence-corrected chi connectivity index (χ3v) is 3.77. The summed E-state index contributed by atoms with van der Waals surface area (Å²) in [6.45, 7) is 5.84. The van der Waals surface area contributed by atoms with Gasteiger partial charge in [0.25, 0.3) is 0 Å². The summed E-state index contributed by atoms with van der Waals surface area (Å²) >= 11 is 0. The second-order valence-electron chi connectivity index (χ2n) is 5.17. The first-order valence-corrected chi connectivity index (χ1v) is 7.09. The van der Waals surface area contributed by atoms with Gasteiger partial charge in [0.15, 0.2) is 0 Å². The molecule has 3 nitrogen and oxygen atoms in total. The minimum Gasteiger partial charge on any atom is -0.396 e. The maximum Gasteiger partial charge on any atom is 0.123 e. The number of nitrogens with one attached hydrogen (secondary N) is 1. The standard InChI is InChI=1S/C15H23FN2O/c1-2-17-10-13-9-14(16)3-4-15(13)18-7-5-12(11-18)6-8-19/h3-4,9,12,17,19H,2,5-8,10-11H2,1H3. The van der Waals surface area contributed by atoms with Crippen molar-refractivity contribution in [2.45, 2.75) is 26.3 Å². The molecule has 1 unspecified atom stereocenters. The Labute approximate surface area is 114 Å². The Balaban J connectivity index is 2.10. The van der Waals surface area contributed by atoms with Crippen molar-refractivity contribution >= 4 is 5.69 Å². The smallest absolute Gasteiger partial charge is 0.123 e. The van der Waals surface area contributed by atoms with Crippen LogP contribution in [0.25, 0.3) is 0 Å². The lowest BCUT2D eigenvalue weighted by molar-refractivity contribution is 0.263. The van der Waals surface area contributed by atoms with E-state index in [1.807, 2.05) is 13.0 Å². The number of aliphatic hydroxyl groups excluding tert-OH is 1. The lowest BCUT2D eigenvalue weighted by Crippen LogP contribution is -2.23. The minimum atomic E-state index is -0.178. The number of benzene rings is 1. The van der Waals surface area contributed by atoms with Crippen molar-refractivity contribution in [2.75, 3.05) is 31.1 Å². The molecule has 0 aromatic heterocycles. The highest BCUT2D eigenvalue weighted by atomic mass is 19.1. The number of nitrogens with zero attached hydrogens (tertiary/aromatic N) is 1. The molecule has 1 saturated heterocycles. The summed E-state index contributed by atoms with van der Waals surface area (Å²) in [5.74, 6) is 0.379. The van der Waals surface area contributed by atoms with Crippen molar-refractivity contribution in [1.82, 2.24) is 5.32 Å². The number of anilines is 1. The first-order chi connectivity index (χ1) is 9.24. The Morgan fingerprint density at radius 2 is 2.32 bits per heavy atom. The molecular formula is C15H23FN2O. The van der Waals surface area contributed by atoms with Gasteiger partial charge in [-0.05, 0) is 49.1 Å². The summed E-state index contributed by atoms with van der Waals surface area (Å²) in [6, 6.07) is 5.03. The van der Waals surface area contributed by atoms with Gasteiger partial charge in [0.2, 0.25) is 0 Å². The van der Waals surface area contributed by atoms with Crippen LogP contribution in [0.15, 0.2) is 18.2 Å². The fourth-order valence-electron chi connectivity index (χ4n) is 2.73. The van der Waals surface area contributed by atoms with Crippen molar-refractivity contribution in [3.63, 3.8) is 0 Å². The first-order valence-electron chi connectivity index (χ1n) is 7.09. The Morgan fingerprint density at radius 1 is 1.47 bits per heavy atom. The highest BCUT2D eigenvalue weighted by Gasteiger charge is 2.23. The molecule has 1 aromatic carbocycles. The number of halogens is 1. The topological polar surface area (TPSA) is 35.5 Å². The zero-order chi connectivity index (χ0) is 13.7. The molecule has 1 aliphatic rings. The predicted molar refractivity (Wildman–Crippen MR) is 75.8 cm³/mol. The van der Waals surface area contributed by atoms with Crippen LogP contribution in [0.5, 0.6) is 0 Å². The zero-order valence-corrected chi connectivity index (χ0v) is 11.5. The molecule has 0 saturated carbocycles. The van der Waals surface area contributed by atoms with Crippen LogP contribution in [0, 0.1) is 11.7 Å². The van der Waals surface area contributed by atoms with Crippen molar-refractivity contribution in [3.8, 4) is 0 Å². The summed E-state index contributed by atoms with van der Waals surface area (Å²) in [7, 11) is 0. The Morgan fingerprint density at radius 3 is 3.05 bits per heavy atom. The molecule has 0 spiro atoms. The van der Waals surface area contributed by atoms with Gasteiger partial charge < -0.3 is 15.3 Å². The third-order valence-electron chi connectivity index (χ3n) is 3.77. The Hall–Kier alpha value is -1.13. The van der Waals surface area contributed by atoms with Gasteiger partial charge in [0, 0.05) is 31.9 Å². The van der Waals surface area contributed by atoms with Crippen LogP contribution in [-0.2, 0) is 6.54 Å². The van der Waals surface area contributed by atoms with Crippen LogP contribution in [-0.4, -0.2) is 31.3 Å². The second kappa shape index (κ2) is 6.87. The molecule has 2 N–H and O–H groups in total. The Kier molecular flexibility index (Phi) is 5.16. The number of hydrogen-bond acceptors (Lipinski definition) is 3. The molecule has 1 atom stereocenters. The van der Waals surface area contributed by atoms with Crippen LogP contribution in [0.3, 0.4) is 0 Å². The molecule has 1 fully saturated rings. The van der Waals surface area contributed by atoms with E-state index in [0.29, 0.717) is 12.5 Å². The second-order valence-corrected chi connectivity index (χ2v) is 5.17. The third kappa shape index (κ3) is 3.67. The highest BCUT2D eigenvalue weighted by Crippen LogP contribution is 2.29. The van der Waals surface area contributed by atoms with E-state index in [4.69, 9.17) is 5.11 Å². The predicted octanol–water partition coefficient (Wildman–Crippen LogP) is 2.14. The molecule has 0 aliphatic carbocycles. The van der Waals surface area contributed by atoms with E-state index in [2.05, 4.69) is 10.2 Å². The van der Waals surface area contributed by atoms with E-state index < -0.39 is 0 Å². The van der Waals surface area contributed by atoms with Crippen LogP contribution < -0.4 is 10.2 Å². The molecule has 1 aliphatic heterocycles. The number of hydrogen-bond donors (Lipinski definition) is 2. The summed E-state index contributed by atoms with van der Waals surface area (Å²) < 4.78 is 13.4. The van der Waals surface area contributed by atoms with Crippen LogP contribution in [0.1, 0.15) is 25.3 Å². The van der Waals surface area contributed by atoms with Gasteiger partial charge in [-0.15, -0.1) is 0 Å². The van der Waals surface area contributed by atoms with Crippen molar-refractivity contribution in [1.29, 1.82) is 0 Å². The zero-order valence-electron chi connectivity index (χ0n) is 11.5. The maximum atomic E-state index is 13.4. The van der Waals surface area contributed by atoms with E-state index in [1.54, 1.807) is 6.07 Å². The molecule has 1 heterocycles. The van der Waals surface area contributed by atoms with Gasteiger partial charge >= 0.3 is 0 Å². The molecule has 0 amide bonds. The van der Waals surface area contributed by atoms with Gasteiger partial charge in [0.05, 0.1) is 0 Å². The fraction of sp³-hybridized carbons (Fsp3) is 0.600. The quantitative estimate of drug-likeness (QED) is 0.828. The van der Waals surface area contributed by atoms with E-state index in [1.165, 1.54) is 6.07 Å². The summed E-state index contributed by atoms with van der Waals surface area (Å²) in [4.78, 5) is 2.31. The van der Waals surface area contributed by atoms with Gasteiger partial charge in [-0.1, -0.05) is 6.92 Å². The van der Waals surface area contributed by atoms with Gasteiger partial charge in [-0.2, -0.15) is 0 Å². The molecule has 106 valence electrons. The molecule has 0 bridgehead atoms. The average molecular weight is 266 g/mol. The largest absolute Gasteiger partial charge is 0.396 e. The van der Waals surface area contributed by atoms with Crippen LogP contribution >= 0.6 is 0 Å². The minimum absolute atomic E-state index is 0.178. The first kappa shape index (κ1) is 14.3. The van der Waals surface area contributed by atoms with E-state index in [-0.39, 0.29) is 12.4 Å². The van der Waals surface area contributed by atoms with Crippen LogP contribution in [0.2, 0.25) is 0 Å². The molecule has 19 heavy (non-hydrogen) atoms. The summed E-state index contributed by atoms with van der Waals surface area (Å²) in [6.07, 6.45) is 1.97. The van der Waals surface area contributed by atoms with Crippen molar-refractivity contribution in [2.24, 2.45) is 5.92 Å². The lowest BCUT2D eigenvalue weighted by Gasteiger charge is -2.22. The van der Waals surface area contributed by atoms with E-state index in [9.17, 15) is 4.39 Å². The normalized spacial score (nSPS) is 19.1. The van der Waals surface area contributed by atoms with Gasteiger partial charge in [-0.3, -0.25) is 0 Å². The van der Waals surface area contributed by atoms with E-state index in [0.717, 1.165) is 43.7 Å². The SMILES string of the molecule is CCNCc1cc(F)ccc1N1CCC(CCO)C1. The van der Waals surface area contributed by atoms with Crippen molar-refractivity contribution < 1.29 is 9.50 Å². The van der Waals surface area contributed by atoms with Gasteiger partial charge in [0.1, 0.15) is 5.82 Å². The monoisotopic (exact) mass is 266 g/mol. The molecule has 4 heteroatoms. The number of aliphatic hydroxyl groups is 1. The van der Waals surface area contributed by atoms with Crippen LogP contribution in [0.4, 0.5) is 10.1 Å². The molecule has 2 rings (SSSR count). The fourth-order valence-corrected chi connectivity index (χ4v) is 2.73. The van der Waals surface area contributed by atoms with Gasteiger partial charge in [-0.25, -0.2) is 4.39 Å². The molecular weight excluding hydrogens is 243 g/mol. The molecule has 1 aromatic rings. The maximum absolute atomic E-state index is 13.4. The van der Waals surface area contributed by atoms with E-state index >= 15 is 0 Å². The summed E-state index contributed by atoms with van der Waals surface area (Å²) in [5.41, 5.74) is 2.15. The Bertz CT molecular complexity index is 411. The molecule has 0 radical (unpaired) electrons. The number of rotatable bonds is 6.